The van der Waals surface area contributed by atoms with Gasteiger partial charge in [-0.2, -0.15) is 0 Å². The third kappa shape index (κ3) is 2.89. The predicted octanol–water partition coefficient (Wildman–Crippen LogP) is 5.02. The molecule has 2 aromatic rings. The predicted molar refractivity (Wildman–Crippen MR) is 104 cm³/mol. The molecule has 0 saturated heterocycles. The van der Waals surface area contributed by atoms with E-state index >= 15 is 0 Å². The highest BCUT2D eigenvalue weighted by molar-refractivity contribution is 7.12. The number of anilines is 1. The van der Waals surface area contributed by atoms with Gasteiger partial charge < -0.3 is 10.6 Å². The van der Waals surface area contributed by atoms with E-state index in [9.17, 15) is 4.79 Å². The molecule has 2 N–H and O–H groups in total. The second-order valence-corrected chi connectivity index (χ2v) is 8.64. The van der Waals surface area contributed by atoms with Gasteiger partial charge in [0.1, 0.15) is 0 Å². The number of para-hydroxylation sites is 1. The van der Waals surface area contributed by atoms with Crippen molar-refractivity contribution in [1.82, 2.24) is 5.32 Å². The molecule has 2 aliphatic rings. The topological polar surface area (TPSA) is 41.1 Å². The quantitative estimate of drug-likeness (QED) is 0.762. The van der Waals surface area contributed by atoms with Crippen molar-refractivity contribution in [2.45, 2.75) is 45.2 Å². The van der Waals surface area contributed by atoms with Crippen LogP contribution in [0.3, 0.4) is 0 Å². The van der Waals surface area contributed by atoms with Crippen LogP contribution in [0.2, 0.25) is 0 Å². The minimum atomic E-state index is 0.000821. The Kier molecular flexibility index (Phi) is 4.16. The second-order valence-electron chi connectivity index (χ2n) is 7.32. The zero-order valence-electron chi connectivity index (χ0n) is 14.9. The Morgan fingerprint density at radius 2 is 2.12 bits per heavy atom. The number of allylic oxidation sites excluding steroid dienone is 2. The lowest BCUT2D eigenvalue weighted by Crippen LogP contribution is -2.34. The number of amides is 1. The maximum Gasteiger partial charge on any atom is 0.253 e. The molecule has 1 aliphatic carbocycles. The van der Waals surface area contributed by atoms with Crippen LogP contribution >= 0.6 is 11.3 Å². The van der Waals surface area contributed by atoms with E-state index in [4.69, 9.17) is 0 Å². The molecule has 1 aromatic heterocycles. The van der Waals surface area contributed by atoms with Crippen LogP contribution in [0, 0.1) is 12.8 Å². The molecule has 0 fully saturated rings. The Morgan fingerprint density at radius 3 is 2.84 bits per heavy atom. The highest BCUT2D eigenvalue weighted by atomic mass is 32.1. The molecule has 0 spiro atoms. The van der Waals surface area contributed by atoms with Crippen molar-refractivity contribution >= 4 is 22.9 Å². The number of aryl methyl sites for hydroxylation is 1. The Labute approximate surface area is 153 Å². The van der Waals surface area contributed by atoms with Crippen molar-refractivity contribution in [3.05, 3.63) is 63.4 Å². The number of hydrogen-bond donors (Lipinski definition) is 2. The summed E-state index contributed by atoms with van der Waals surface area (Å²) in [5.41, 5.74) is 3.01. The van der Waals surface area contributed by atoms with E-state index in [0.29, 0.717) is 11.8 Å². The van der Waals surface area contributed by atoms with Gasteiger partial charge in [-0.25, -0.2) is 0 Å². The summed E-state index contributed by atoms with van der Waals surface area (Å²) in [7, 11) is 0. The molecular weight excluding hydrogens is 328 g/mol. The van der Waals surface area contributed by atoms with Crippen LogP contribution in [0.1, 0.15) is 57.9 Å². The zero-order chi connectivity index (χ0) is 17.6. The lowest BCUT2D eigenvalue weighted by Gasteiger charge is -2.37. The van der Waals surface area contributed by atoms with Gasteiger partial charge in [0, 0.05) is 21.7 Å². The van der Waals surface area contributed by atoms with Gasteiger partial charge in [0.25, 0.3) is 5.91 Å². The first-order chi connectivity index (χ1) is 12.0. The molecule has 130 valence electrons. The molecule has 0 radical (unpaired) electrons. The normalized spacial score (nSPS) is 23.9. The molecule has 3 atom stereocenters. The minimum Gasteiger partial charge on any atom is -0.376 e. The summed E-state index contributed by atoms with van der Waals surface area (Å²) in [6.45, 7) is 6.14. The van der Waals surface area contributed by atoms with Gasteiger partial charge in [-0.3, -0.25) is 4.79 Å². The number of carbonyl (C=O) groups is 1. The van der Waals surface area contributed by atoms with Crippen molar-refractivity contribution in [1.29, 1.82) is 0 Å². The Bertz CT molecular complexity index is 836. The standard InChI is InChI=1S/C21H24N2OS/c1-12(2)22-21(24)17-9-5-7-15-14-6-4-8-16(14)20(23-19(15)17)18-11-10-13(3)25-18/h4-7,9-12,14,16,20,23H,8H2,1-3H3,(H,22,24). The van der Waals surface area contributed by atoms with E-state index in [1.807, 2.05) is 37.3 Å². The molecule has 25 heavy (non-hydrogen) atoms. The lowest BCUT2D eigenvalue weighted by molar-refractivity contribution is 0.0943. The van der Waals surface area contributed by atoms with E-state index in [1.165, 1.54) is 15.3 Å². The van der Waals surface area contributed by atoms with Crippen molar-refractivity contribution in [2.75, 3.05) is 5.32 Å². The van der Waals surface area contributed by atoms with Gasteiger partial charge >= 0.3 is 0 Å². The fourth-order valence-electron chi connectivity index (χ4n) is 4.05. The molecule has 3 nitrogen and oxygen atoms in total. The number of thiophene rings is 1. The van der Waals surface area contributed by atoms with Crippen molar-refractivity contribution < 1.29 is 4.79 Å². The molecule has 4 heteroatoms. The molecular formula is C21H24N2OS. The molecule has 1 aliphatic heterocycles. The van der Waals surface area contributed by atoms with Crippen LogP contribution in [0.5, 0.6) is 0 Å². The molecule has 0 saturated carbocycles. The molecule has 0 bridgehead atoms. The highest BCUT2D eigenvalue weighted by Crippen LogP contribution is 2.51. The Hall–Kier alpha value is -2.07. The number of fused-ring (bicyclic) bond motifs is 3. The van der Waals surface area contributed by atoms with Crippen molar-refractivity contribution in [2.24, 2.45) is 5.92 Å². The smallest absolute Gasteiger partial charge is 0.253 e. The highest BCUT2D eigenvalue weighted by Gasteiger charge is 2.39. The monoisotopic (exact) mass is 352 g/mol. The van der Waals surface area contributed by atoms with Gasteiger partial charge in [-0.1, -0.05) is 24.3 Å². The van der Waals surface area contributed by atoms with Gasteiger partial charge in [-0.15, -0.1) is 11.3 Å². The summed E-state index contributed by atoms with van der Waals surface area (Å²) in [5.74, 6) is 0.908. The third-order valence-electron chi connectivity index (χ3n) is 5.13. The number of rotatable bonds is 3. The van der Waals surface area contributed by atoms with Gasteiger partial charge in [-0.05, 0) is 56.9 Å². The van der Waals surface area contributed by atoms with Crippen LogP contribution in [0.15, 0.2) is 42.5 Å². The Morgan fingerprint density at radius 1 is 1.28 bits per heavy atom. The average molecular weight is 353 g/mol. The largest absolute Gasteiger partial charge is 0.376 e. The van der Waals surface area contributed by atoms with Crippen LogP contribution in [-0.4, -0.2) is 11.9 Å². The Balaban J connectivity index is 1.78. The maximum atomic E-state index is 12.7. The lowest BCUT2D eigenvalue weighted by atomic mass is 9.78. The molecule has 4 rings (SSSR count). The minimum absolute atomic E-state index is 0.000821. The van der Waals surface area contributed by atoms with E-state index in [-0.39, 0.29) is 18.0 Å². The van der Waals surface area contributed by atoms with E-state index in [2.05, 4.69) is 47.9 Å². The number of nitrogens with one attached hydrogen (secondary N) is 2. The van der Waals surface area contributed by atoms with Gasteiger partial charge in [0.15, 0.2) is 0 Å². The van der Waals surface area contributed by atoms with E-state index in [0.717, 1.165) is 17.7 Å². The zero-order valence-corrected chi connectivity index (χ0v) is 15.7. The SMILES string of the molecule is Cc1ccc(C2Nc3c(C(=O)NC(C)C)cccc3C3C=CCC32)s1. The molecule has 1 amide bonds. The first-order valence-electron chi connectivity index (χ1n) is 8.98. The maximum absolute atomic E-state index is 12.7. The summed E-state index contributed by atoms with van der Waals surface area (Å²) in [6.07, 6.45) is 5.70. The molecule has 1 aromatic carbocycles. The van der Waals surface area contributed by atoms with Crippen LogP contribution in [-0.2, 0) is 0 Å². The van der Waals surface area contributed by atoms with Crippen LogP contribution in [0.25, 0.3) is 0 Å². The van der Waals surface area contributed by atoms with E-state index < -0.39 is 0 Å². The van der Waals surface area contributed by atoms with Crippen LogP contribution < -0.4 is 10.6 Å². The van der Waals surface area contributed by atoms with Gasteiger partial charge in [0.05, 0.1) is 17.3 Å². The molecule has 3 unspecified atom stereocenters. The second kappa shape index (κ2) is 6.34. The number of benzene rings is 1. The first kappa shape index (κ1) is 16.4. The third-order valence-corrected chi connectivity index (χ3v) is 6.21. The summed E-state index contributed by atoms with van der Waals surface area (Å²) in [6, 6.07) is 10.9. The number of hydrogen-bond acceptors (Lipinski definition) is 3. The molecule has 2 heterocycles. The first-order valence-corrected chi connectivity index (χ1v) is 9.79. The van der Waals surface area contributed by atoms with Gasteiger partial charge in [0.2, 0.25) is 0 Å². The fourth-order valence-corrected chi connectivity index (χ4v) is 5.06. The fraction of sp³-hybridized carbons (Fsp3) is 0.381. The number of carbonyl (C=O) groups excluding carboxylic acids is 1. The van der Waals surface area contributed by atoms with E-state index in [1.54, 1.807) is 0 Å². The summed E-state index contributed by atoms with van der Waals surface area (Å²) < 4.78 is 0. The summed E-state index contributed by atoms with van der Waals surface area (Å²) in [4.78, 5) is 15.4. The van der Waals surface area contributed by atoms with Crippen molar-refractivity contribution in [3.63, 3.8) is 0 Å². The summed E-state index contributed by atoms with van der Waals surface area (Å²) in [5, 5.41) is 6.76. The summed E-state index contributed by atoms with van der Waals surface area (Å²) >= 11 is 1.85. The van der Waals surface area contributed by atoms with Crippen LogP contribution in [0.4, 0.5) is 5.69 Å². The van der Waals surface area contributed by atoms with Crippen molar-refractivity contribution in [3.8, 4) is 0 Å². The average Bonchev–Trinajstić information content (AvgIpc) is 3.22.